The van der Waals surface area contributed by atoms with Gasteiger partial charge in [-0.2, -0.15) is 0 Å². The van der Waals surface area contributed by atoms with E-state index in [-0.39, 0.29) is 16.7 Å². The van der Waals surface area contributed by atoms with Crippen LogP contribution in [-0.4, -0.2) is 111 Å². The summed E-state index contributed by atoms with van der Waals surface area (Å²) in [5, 5.41) is 17.0. The van der Waals surface area contributed by atoms with Gasteiger partial charge < -0.3 is 24.8 Å². The van der Waals surface area contributed by atoms with Crippen molar-refractivity contribution < 1.29 is 14.1 Å². The number of hydrogen-bond donors (Lipinski definition) is 3. The highest BCUT2D eigenvalue weighted by Crippen LogP contribution is 2.54. The summed E-state index contributed by atoms with van der Waals surface area (Å²) < 4.78 is 6.47. The summed E-state index contributed by atoms with van der Waals surface area (Å²) in [4.78, 5) is 33.7. The molecule has 4 heterocycles. The number of β-amino-alcohol motifs (C(OH)–C–C–N with tert-alkyl or cyclic N) is 1. The van der Waals surface area contributed by atoms with Crippen LogP contribution in [0.5, 0.6) is 0 Å². The number of carbonyl (C=O) groups is 1. The first kappa shape index (κ1) is 38.6. The van der Waals surface area contributed by atoms with Crippen LogP contribution in [0.3, 0.4) is 0 Å². The van der Waals surface area contributed by atoms with Gasteiger partial charge in [0.25, 0.3) is 0 Å². The van der Waals surface area contributed by atoms with Crippen molar-refractivity contribution in [3.63, 3.8) is 0 Å². The molecule has 11 nitrogen and oxygen atoms in total. The Hall–Kier alpha value is -4.07. The predicted octanol–water partition coefficient (Wildman–Crippen LogP) is 5.84. The minimum absolute atomic E-state index is 0.0514. The second-order valence-corrected chi connectivity index (χ2v) is 19.4. The maximum absolute atomic E-state index is 12.8. The summed E-state index contributed by atoms with van der Waals surface area (Å²) in [6.07, 6.45) is 8.93. The summed E-state index contributed by atoms with van der Waals surface area (Å²) >= 11 is 0. The highest BCUT2D eigenvalue weighted by atomic mass is 32.3. The SMILES string of the molecule is CC(C)(C)S(C)(C)OCc1cccc(Nc2nccc(-c3ccc(N4CC(O)CC4CCNC(=O)CN4CCN(Cc5ccccc5)CC4)nc3)n2)c1. The molecule has 2 aliphatic heterocycles. The highest BCUT2D eigenvalue weighted by molar-refractivity contribution is 8.29. The number of benzene rings is 2. The number of aromatic nitrogens is 3. The lowest BCUT2D eigenvalue weighted by molar-refractivity contribution is -0.122. The van der Waals surface area contributed by atoms with E-state index >= 15 is 0 Å². The molecule has 2 aromatic carbocycles. The molecule has 0 aliphatic carbocycles. The van der Waals surface area contributed by atoms with Gasteiger partial charge in [-0.15, -0.1) is 10.3 Å². The maximum Gasteiger partial charge on any atom is 0.234 e. The first-order chi connectivity index (χ1) is 25.4. The monoisotopic (exact) mass is 740 g/mol. The highest BCUT2D eigenvalue weighted by Gasteiger charge is 2.32. The van der Waals surface area contributed by atoms with Crippen molar-refractivity contribution >= 4 is 33.7 Å². The number of aliphatic hydroxyl groups is 1. The number of pyridine rings is 1. The molecule has 2 aliphatic rings. The quantitative estimate of drug-likeness (QED) is 0.146. The van der Waals surface area contributed by atoms with Crippen LogP contribution < -0.4 is 15.5 Å². The van der Waals surface area contributed by atoms with Gasteiger partial charge in [-0.3, -0.25) is 14.6 Å². The lowest BCUT2D eigenvalue weighted by atomic mass is 10.1. The van der Waals surface area contributed by atoms with Crippen molar-refractivity contribution in [2.75, 3.05) is 68.5 Å². The molecule has 0 radical (unpaired) electrons. The van der Waals surface area contributed by atoms with Crippen molar-refractivity contribution in [2.45, 2.75) is 63.7 Å². The van der Waals surface area contributed by atoms with Crippen LogP contribution in [0, 0.1) is 0 Å². The number of anilines is 3. The van der Waals surface area contributed by atoms with Gasteiger partial charge in [-0.05, 0) is 66.8 Å². The third-order valence-corrected chi connectivity index (χ3v) is 14.1. The van der Waals surface area contributed by atoms with Crippen LogP contribution in [0.25, 0.3) is 11.3 Å². The molecule has 2 unspecified atom stereocenters. The van der Waals surface area contributed by atoms with Crippen LogP contribution in [0.15, 0.2) is 85.2 Å². The third kappa shape index (κ3) is 10.8. The molecule has 3 N–H and O–H groups in total. The molecule has 2 aromatic heterocycles. The number of nitrogens with one attached hydrogen (secondary N) is 2. The lowest BCUT2D eigenvalue weighted by Gasteiger charge is -2.43. The average molecular weight is 741 g/mol. The molecule has 284 valence electrons. The second-order valence-electron chi connectivity index (χ2n) is 15.5. The molecule has 2 atom stereocenters. The smallest absolute Gasteiger partial charge is 0.234 e. The lowest BCUT2D eigenvalue weighted by Crippen LogP contribution is -2.49. The standard InChI is InChI=1S/C41H56N8O3S/c1-41(2,3)53(4,5)52-30-32-12-9-13-34(24-32)45-40-43-19-17-37(46-40)33-14-15-38(44-26-33)49-28-36(50)25-35(49)16-18-42-39(51)29-48-22-20-47(21-23-48)27-31-10-7-6-8-11-31/h6-15,17,19,24,26,35-36,50H,16,18,20-23,25,27-30H2,1-5H3,(H,42,51)(H,43,45,46). The number of rotatable bonds is 14. The fraction of sp³-hybridized carbons (Fsp3) is 0.463. The molecule has 12 heteroatoms. The Kier molecular flexibility index (Phi) is 12.7. The summed E-state index contributed by atoms with van der Waals surface area (Å²) in [7, 11) is -1.22. The van der Waals surface area contributed by atoms with Crippen LogP contribution in [-0.2, 0) is 22.1 Å². The van der Waals surface area contributed by atoms with Gasteiger partial charge in [0.15, 0.2) is 0 Å². The number of carbonyl (C=O) groups excluding carboxylic acids is 1. The fourth-order valence-corrected chi connectivity index (χ4v) is 7.36. The number of aliphatic hydroxyl groups excluding tert-OH is 1. The van der Waals surface area contributed by atoms with Crippen molar-refractivity contribution in [3.8, 4) is 11.3 Å². The summed E-state index contributed by atoms with van der Waals surface area (Å²) in [6, 6.07) is 24.6. The van der Waals surface area contributed by atoms with Gasteiger partial charge in [0.05, 0.1) is 24.9 Å². The first-order valence-electron chi connectivity index (χ1n) is 18.6. The van der Waals surface area contributed by atoms with Crippen LogP contribution in [0.4, 0.5) is 17.5 Å². The Morgan fingerprint density at radius 3 is 2.43 bits per heavy atom. The molecular weight excluding hydrogens is 685 g/mol. The molecular formula is C41H56N8O3S. The van der Waals surface area contributed by atoms with Gasteiger partial charge in [0.2, 0.25) is 11.9 Å². The predicted molar refractivity (Wildman–Crippen MR) is 217 cm³/mol. The Labute approximate surface area is 316 Å². The van der Waals surface area contributed by atoms with E-state index in [1.165, 1.54) is 5.56 Å². The van der Waals surface area contributed by atoms with Crippen molar-refractivity contribution in [3.05, 3.63) is 96.3 Å². The summed E-state index contributed by atoms with van der Waals surface area (Å²) in [6.45, 7) is 13.3. The fourth-order valence-electron chi connectivity index (χ4n) is 6.58. The largest absolute Gasteiger partial charge is 0.391 e. The molecule has 53 heavy (non-hydrogen) atoms. The van der Waals surface area contributed by atoms with Gasteiger partial charge >= 0.3 is 0 Å². The molecule has 4 aromatic rings. The van der Waals surface area contributed by atoms with Crippen molar-refractivity contribution in [2.24, 2.45) is 0 Å². The Balaban J connectivity index is 0.976. The van der Waals surface area contributed by atoms with E-state index in [1.807, 2.05) is 42.6 Å². The van der Waals surface area contributed by atoms with Gasteiger partial charge in [0, 0.05) is 80.2 Å². The van der Waals surface area contributed by atoms with E-state index < -0.39 is 16.4 Å². The normalized spacial score (nSPS) is 18.9. The van der Waals surface area contributed by atoms with Crippen LogP contribution in [0.2, 0.25) is 0 Å². The number of hydrogen-bond acceptors (Lipinski definition) is 10. The molecule has 1 amide bonds. The maximum atomic E-state index is 12.8. The number of piperazine rings is 1. The minimum Gasteiger partial charge on any atom is -0.391 e. The molecule has 0 spiro atoms. The summed E-state index contributed by atoms with van der Waals surface area (Å²) in [5.74, 6) is 1.36. The second kappa shape index (κ2) is 17.4. The van der Waals surface area contributed by atoms with E-state index in [4.69, 9.17) is 14.2 Å². The number of amides is 1. The molecule has 2 fully saturated rings. The summed E-state index contributed by atoms with van der Waals surface area (Å²) in [5.41, 5.74) is 4.94. The Morgan fingerprint density at radius 2 is 1.70 bits per heavy atom. The zero-order valence-electron chi connectivity index (χ0n) is 31.9. The topological polar surface area (TPSA) is 119 Å². The molecule has 0 saturated carbocycles. The van der Waals surface area contributed by atoms with Gasteiger partial charge in [-0.1, -0.05) is 63.2 Å². The minimum atomic E-state index is -1.22. The average Bonchev–Trinajstić information content (AvgIpc) is 3.52. The molecule has 2 saturated heterocycles. The molecule has 0 bridgehead atoms. The van der Waals surface area contributed by atoms with Gasteiger partial charge in [-0.25, -0.2) is 15.0 Å². The van der Waals surface area contributed by atoms with E-state index in [0.717, 1.165) is 67.5 Å². The van der Waals surface area contributed by atoms with E-state index in [0.29, 0.717) is 38.6 Å². The van der Waals surface area contributed by atoms with Crippen molar-refractivity contribution in [1.29, 1.82) is 0 Å². The Bertz CT molecular complexity index is 1780. The van der Waals surface area contributed by atoms with Crippen LogP contribution in [0.1, 0.15) is 44.7 Å². The van der Waals surface area contributed by atoms with E-state index in [2.05, 4.69) is 100.0 Å². The van der Waals surface area contributed by atoms with E-state index in [1.54, 1.807) is 6.20 Å². The zero-order chi connectivity index (χ0) is 37.4. The first-order valence-corrected chi connectivity index (χ1v) is 21.0. The number of nitrogens with zero attached hydrogens (tertiary/aromatic N) is 6. The Morgan fingerprint density at radius 1 is 0.943 bits per heavy atom. The van der Waals surface area contributed by atoms with Crippen molar-refractivity contribution in [1.82, 2.24) is 30.1 Å². The van der Waals surface area contributed by atoms with Gasteiger partial charge in [0.1, 0.15) is 5.82 Å². The van der Waals surface area contributed by atoms with Crippen LogP contribution >= 0.6 is 10.3 Å². The zero-order valence-corrected chi connectivity index (χ0v) is 32.7. The third-order valence-electron chi connectivity index (χ3n) is 10.4. The van der Waals surface area contributed by atoms with E-state index in [9.17, 15) is 9.90 Å². The molecule has 6 rings (SSSR count).